The number of rotatable bonds is 4. The molecule has 13 heavy (non-hydrogen) atoms. The van der Waals surface area contributed by atoms with Crippen LogP contribution in [0.4, 0.5) is 5.95 Å². The van der Waals surface area contributed by atoms with Gasteiger partial charge in [-0.2, -0.15) is 4.98 Å². The van der Waals surface area contributed by atoms with E-state index >= 15 is 0 Å². The van der Waals surface area contributed by atoms with E-state index in [2.05, 4.69) is 9.97 Å². The maximum absolute atomic E-state index is 8.52. The molecule has 0 spiro atoms. The van der Waals surface area contributed by atoms with Gasteiger partial charge in [0.25, 0.3) is 0 Å². The summed E-state index contributed by atoms with van der Waals surface area (Å²) >= 11 is 0. The van der Waals surface area contributed by atoms with Crippen LogP contribution in [0.2, 0.25) is 0 Å². The molecule has 5 heteroatoms. The highest BCUT2D eigenvalue weighted by molar-refractivity contribution is 5.25. The molecule has 0 aliphatic rings. The molecular weight excluding hydrogens is 170 g/mol. The van der Waals surface area contributed by atoms with Crippen LogP contribution in [0, 0.1) is 6.92 Å². The summed E-state index contributed by atoms with van der Waals surface area (Å²) in [5.74, 6) is 0.664. The lowest BCUT2D eigenvalue weighted by atomic mass is 10.4. The largest absolute Gasteiger partial charge is 0.477 e. The van der Waals surface area contributed by atoms with Crippen LogP contribution in [0.3, 0.4) is 0 Å². The zero-order valence-electron chi connectivity index (χ0n) is 7.53. The molecule has 0 fully saturated rings. The van der Waals surface area contributed by atoms with Gasteiger partial charge < -0.3 is 15.6 Å². The monoisotopic (exact) mass is 183 g/mol. The fourth-order valence-corrected chi connectivity index (χ4v) is 0.877. The minimum Gasteiger partial charge on any atom is -0.477 e. The van der Waals surface area contributed by atoms with E-state index in [1.807, 2.05) is 6.92 Å². The van der Waals surface area contributed by atoms with Crippen molar-refractivity contribution < 1.29 is 9.84 Å². The molecule has 0 aliphatic carbocycles. The van der Waals surface area contributed by atoms with E-state index in [1.165, 1.54) is 0 Å². The maximum Gasteiger partial charge on any atom is 0.223 e. The molecule has 0 unspecified atom stereocenters. The Hall–Kier alpha value is -1.36. The SMILES string of the molecule is Cc1cc(OCCCO)nc(N)n1. The van der Waals surface area contributed by atoms with Gasteiger partial charge in [0, 0.05) is 24.8 Å². The Morgan fingerprint density at radius 2 is 2.31 bits per heavy atom. The molecule has 1 aromatic rings. The minimum atomic E-state index is 0.111. The number of hydrogen-bond acceptors (Lipinski definition) is 5. The van der Waals surface area contributed by atoms with Crippen molar-refractivity contribution >= 4 is 5.95 Å². The van der Waals surface area contributed by atoms with E-state index in [9.17, 15) is 0 Å². The smallest absolute Gasteiger partial charge is 0.223 e. The number of hydrogen-bond donors (Lipinski definition) is 2. The van der Waals surface area contributed by atoms with E-state index in [4.69, 9.17) is 15.6 Å². The van der Waals surface area contributed by atoms with Crippen LogP contribution in [-0.4, -0.2) is 28.3 Å². The van der Waals surface area contributed by atoms with Gasteiger partial charge in [0.2, 0.25) is 11.8 Å². The Morgan fingerprint density at radius 1 is 1.54 bits per heavy atom. The third-order valence-electron chi connectivity index (χ3n) is 1.40. The van der Waals surface area contributed by atoms with Gasteiger partial charge in [-0.15, -0.1) is 0 Å². The van der Waals surface area contributed by atoms with Crippen molar-refractivity contribution in [3.05, 3.63) is 11.8 Å². The number of nitrogens with zero attached hydrogens (tertiary/aromatic N) is 2. The van der Waals surface area contributed by atoms with Gasteiger partial charge in [0.1, 0.15) is 0 Å². The number of nitrogens with two attached hydrogens (primary N) is 1. The fourth-order valence-electron chi connectivity index (χ4n) is 0.877. The number of aryl methyl sites for hydroxylation is 1. The zero-order chi connectivity index (χ0) is 9.68. The van der Waals surface area contributed by atoms with E-state index < -0.39 is 0 Å². The van der Waals surface area contributed by atoms with Crippen LogP contribution in [0.25, 0.3) is 0 Å². The van der Waals surface area contributed by atoms with Crippen LogP contribution in [0.15, 0.2) is 6.07 Å². The first-order chi connectivity index (χ1) is 6.22. The zero-order valence-corrected chi connectivity index (χ0v) is 7.53. The fraction of sp³-hybridized carbons (Fsp3) is 0.500. The van der Waals surface area contributed by atoms with Crippen molar-refractivity contribution in [3.63, 3.8) is 0 Å². The molecule has 0 amide bonds. The summed E-state index contributed by atoms with van der Waals surface area (Å²) in [7, 11) is 0. The van der Waals surface area contributed by atoms with Gasteiger partial charge in [0.05, 0.1) is 6.61 Å². The summed E-state index contributed by atoms with van der Waals surface area (Å²) in [6.07, 6.45) is 0.586. The second-order valence-electron chi connectivity index (χ2n) is 2.63. The van der Waals surface area contributed by atoms with E-state index in [0.717, 1.165) is 5.69 Å². The normalized spacial score (nSPS) is 10.0. The second kappa shape index (κ2) is 4.61. The van der Waals surface area contributed by atoms with Crippen LogP contribution < -0.4 is 10.5 Å². The Bertz CT molecular complexity index is 258. The van der Waals surface area contributed by atoms with Gasteiger partial charge in [-0.3, -0.25) is 0 Å². The number of aliphatic hydroxyl groups excluding tert-OH is 1. The summed E-state index contributed by atoms with van der Waals surface area (Å²) in [6.45, 7) is 2.36. The van der Waals surface area contributed by atoms with Crippen molar-refractivity contribution in [1.82, 2.24) is 9.97 Å². The first-order valence-electron chi connectivity index (χ1n) is 4.07. The summed E-state index contributed by atoms with van der Waals surface area (Å²) in [5, 5.41) is 8.52. The molecule has 0 radical (unpaired) electrons. The van der Waals surface area contributed by atoms with Gasteiger partial charge in [0.15, 0.2) is 0 Å². The van der Waals surface area contributed by atoms with Crippen molar-refractivity contribution in [2.45, 2.75) is 13.3 Å². The Morgan fingerprint density at radius 3 is 2.92 bits per heavy atom. The van der Waals surface area contributed by atoms with Crippen molar-refractivity contribution in [2.24, 2.45) is 0 Å². The van der Waals surface area contributed by atoms with Crippen molar-refractivity contribution in [1.29, 1.82) is 0 Å². The number of aliphatic hydroxyl groups is 1. The van der Waals surface area contributed by atoms with Gasteiger partial charge in [-0.25, -0.2) is 4.98 Å². The van der Waals surface area contributed by atoms with Crippen LogP contribution in [-0.2, 0) is 0 Å². The van der Waals surface area contributed by atoms with Crippen LogP contribution in [0.5, 0.6) is 5.88 Å². The molecule has 5 nitrogen and oxygen atoms in total. The second-order valence-corrected chi connectivity index (χ2v) is 2.63. The van der Waals surface area contributed by atoms with E-state index in [-0.39, 0.29) is 12.6 Å². The highest BCUT2D eigenvalue weighted by Gasteiger charge is 1.99. The lowest BCUT2D eigenvalue weighted by Crippen LogP contribution is -2.04. The lowest BCUT2D eigenvalue weighted by molar-refractivity contribution is 0.229. The maximum atomic E-state index is 8.52. The van der Waals surface area contributed by atoms with E-state index in [0.29, 0.717) is 18.9 Å². The number of ether oxygens (including phenoxy) is 1. The minimum absolute atomic E-state index is 0.111. The summed E-state index contributed by atoms with van der Waals surface area (Å²) < 4.78 is 5.22. The summed E-state index contributed by atoms with van der Waals surface area (Å²) in [5.41, 5.74) is 6.18. The molecular formula is C8H13N3O2. The number of anilines is 1. The number of nitrogen functional groups attached to an aromatic ring is 1. The van der Waals surface area contributed by atoms with E-state index in [1.54, 1.807) is 6.07 Å². The molecule has 3 N–H and O–H groups in total. The first-order valence-corrected chi connectivity index (χ1v) is 4.07. The lowest BCUT2D eigenvalue weighted by Gasteiger charge is -2.04. The Balaban J connectivity index is 2.56. The molecule has 1 aromatic heterocycles. The number of aromatic nitrogens is 2. The molecule has 72 valence electrons. The third kappa shape index (κ3) is 3.25. The third-order valence-corrected chi connectivity index (χ3v) is 1.40. The summed E-state index contributed by atoms with van der Waals surface area (Å²) in [6, 6.07) is 1.70. The molecule has 0 aromatic carbocycles. The Kier molecular flexibility index (Phi) is 3.45. The molecule has 0 aliphatic heterocycles. The Labute approximate surface area is 76.6 Å². The molecule has 1 heterocycles. The standard InChI is InChI=1S/C8H13N3O2/c1-6-5-7(11-8(9)10-6)13-4-2-3-12/h5,12H,2-4H2,1H3,(H2,9,10,11). The quantitative estimate of drug-likeness (QED) is 0.648. The average Bonchev–Trinajstić information content (AvgIpc) is 2.03. The highest BCUT2D eigenvalue weighted by atomic mass is 16.5. The van der Waals surface area contributed by atoms with Gasteiger partial charge in [-0.05, 0) is 6.92 Å². The molecule has 1 rings (SSSR count). The average molecular weight is 183 g/mol. The first kappa shape index (κ1) is 9.73. The van der Waals surface area contributed by atoms with Crippen molar-refractivity contribution in [2.75, 3.05) is 18.9 Å². The highest BCUT2D eigenvalue weighted by Crippen LogP contribution is 2.09. The van der Waals surface area contributed by atoms with Gasteiger partial charge in [-0.1, -0.05) is 0 Å². The van der Waals surface area contributed by atoms with Crippen LogP contribution in [0.1, 0.15) is 12.1 Å². The predicted octanol–water partition coefficient (Wildman–Crippen LogP) is 0.128. The summed E-state index contributed by atoms with van der Waals surface area (Å²) in [4.78, 5) is 7.77. The van der Waals surface area contributed by atoms with Gasteiger partial charge >= 0.3 is 0 Å². The molecule has 0 saturated heterocycles. The van der Waals surface area contributed by atoms with Crippen LogP contribution >= 0.6 is 0 Å². The van der Waals surface area contributed by atoms with Crippen molar-refractivity contribution in [3.8, 4) is 5.88 Å². The topological polar surface area (TPSA) is 81.3 Å². The molecule has 0 bridgehead atoms. The predicted molar refractivity (Wildman–Crippen MR) is 48.4 cm³/mol. The molecule has 0 atom stereocenters. The molecule has 0 saturated carbocycles.